The van der Waals surface area contributed by atoms with Crippen LogP contribution in [0.4, 0.5) is 24.5 Å². The average molecular weight is 246 g/mol. The van der Waals surface area contributed by atoms with Gasteiger partial charge in [-0.05, 0) is 24.6 Å². The van der Waals surface area contributed by atoms with E-state index in [1.807, 2.05) is 0 Å². The van der Waals surface area contributed by atoms with Gasteiger partial charge in [-0.3, -0.25) is 0 Å². The number of anilines is 2. The summed E-state index contributed by atoms with van der Waals surface area (Å²) < 4.78 is 37.9. The van der Waals surface area contributed by atoms with Crippen molar-refractivity contribution in [3.05, 3.63) is 23.8 Å². The zero-order valence-electron chi connectivity index (χ0n) is 9.04. The Morgan fingerprint density at radius 2 is 2.06 bits per heavy atom. The Hall–Kier alpha value is -1.43. The Kier molecular flexibility index (Phi) is 2.91. The van der Waals surface area contributed by atoms with Gasteiger partial charge in [0.05, 0.1) is 11.7 Å². The summed E-state index contributed by atoms with van der Waals surface area (Å²) in [6, 6.07) is 3.83. The maximum absolute atomic E-state index is 12.6. The van der Waals surface area contributed by atoms with E-state index in [1.54, 1.807) is 11.0 Å². The fraction of sp³-hybridized carbons (Fsp3) is 0.455. The van der Waals surface area contributed by atoms with Gasteiger partial charge in [-0.15, -0.1) is 0 Å². The number of β-amino-alcohol motifs (C(OH)–C–C–N with tert-alkyl or cyclic N) is 1. The summed E-state index contributed by atoms with van der Waals surface area (Å²) >= 11 is 0. The minimum Gasteiger partial charge on any atom is -0.398 e. The predicted molar refractivity (Wildman–Crippen MR) is 58.7 cm³/mol. The standard InChI is InChI=1S/C11H13F3N2O/c12-11(13,14)9-5-7(1-2-10(9)15)16-4-3-8(17)6-16/h1-2,5,8,17H,3-4,6,15H2. The minimum absolute atomic E-state index is 0.277. The topological polar surface area (TPSA) is 49.5 Å². The number of alkyl halides is 3. The summed E-state index contributed by atoms with van der Waals surface area (Å²) in [5, 5.41) is 9.36. The molecule has 3 nitrogen and oxygen atoms in total. The van der Waals surface area contributed by atoms with Crippen LogP contribution in [0.3, 0.4) is 0 Å². The van der Waals surface area contributed by atoms with E-state index in [2.05, 4.69) is 0 Å². The smallest absolute Gasteiger partial charge is 0.398 e. The second-order valence-corrected chi connectivity index (χ2v) is 4.16. The van der Waals surface area contributed by atoms with E-state index in [1.165, 1.54) is 6.07 Å². The third-order valence-electron chi connectivity index (χ3n) is 2.87. The molecule has 1 aliphatic rings. The molecule has 1 heterocycles. The van der Waals surface area contributed by atoms with Crippen molar-refractivity contribution in [3.63, 3.8) is 0 Å². The Bertz CT molecular complexity index is 420. The number of hydrogen-bond acceptors (Lipinski definition) is 3. The third-order valence-corrected chi connectivity index (χ3v) is 2.87. The number of hydrogen-bond donors (Lipinski definition) is 2. The van der Waals surface area contributed by atoms with Crippen LogP contribution in [0.1, 0.15) is 12.0 Å². The maximum atomic E-state index is 12.6. The lowest BCUT2D eigenvalue weighted by atomic mass is 10.1. The van der Waals surface area contributed by atoms with E-state index in [0.29, 0.717) is 25.2 Å². The van der Waals surface area contributed by atoms with Crippen LogP contribution in [0.5, 0.6) is 0 Å². The molecular formula is C11H13F3N2O. The Morgan fingerprint density at radius 1 is 1.35 bits per heavy atom. The van der Waals surface area contributed by atoms with E-state index in [4.69, 9.17) is 5.73 Å². The van der Waals surface area contributed by atoms with Crippen molar-refractivity contribution in [3.8, 4) is 0 Å². The van der Waals surface area contributed by atoms with Crippen LogP contribution < -0.4 is 10.6 Å². The molecule has 0 aromatic heterocycles. The van der Waals surface area contributed by atoms with E-state index in [0.717, 1.165) is 6.07 Å². The molecule has 17 heavy (non-hydrogen) atoms. The molecule has 94 valence electrons. The van der Waals surface area contributed by atoms with Gasteiger partial charge in [-0.2, -0.15) is 13.2 Å². The first kappa shape index (κ1) is 12.0. The van der Waals surface area contributed by atoms with Crippen LogP contribution in [0, 0.1) is 0 Å². The van der Waals surface area contributed by atoms with E-state index in [-0.39, 0.29) is 5.69 Å². The second kappa shape index (κ2) is 4.10. The van der Waals surface area contributed by atoms with Crippen LogP contribution in [0.15, 0.2) is 18.2 Å². The fourth-order valence-corrected chi connectivity index (χ4v) is 1.96. The Labute approximate surface area is 96.6 Å². The molecule has 0 amide bonds. The lowest BCUT2D eigenvalue weighted by Gasteiger charge is -2.20. The molecule has 6 heteroatoms. The lowest BCUT2D eigenvalue weighted by molar-refractivity contribution is -0.136. The summed E-state index contributed by atoms with van der Waals surface area (Å²) in [6.07, 6.45) is -4.34. The molecule has 1 aromatic rings. The highest BCUT2D eigenvalue weighted by Gasteiger charge is 2.34. The molecule has 2 rings (SSSR count). The molecule has 3 N–H and O–H groups in total. The Morgan fingerprint density at radius 3 is 2.59 bits per heavy atom. The summed E-state index contributed by atoms with van der Waals surface area (Å²) in [5.74, 6) is 0. The second-order valence-electron chi connectivity index (χ2n) is 4.16. The fourth-order valence-electron chi connectivity index (χ4n) is 1.96. The molecule has 0 bridgehead atoms. The molecule has 1 aromatic carbocycles. The molecule has 0 spiro atoms. The van der Waals surface area contributed by atoms with Crippen molar-refractivity contribution < 1.29 is 18.3 Å². The number of nitrogen functional groups attached to an aromatic ring is 1. The minimum atomic E-state index is -4.45. The van der Waals surface area contributed by atoms with Crippen LogP contribution in [-0.4, -0.2) is 24.3 Å². The van der Waals surface area contributed by atoms with Crippen LogP contribution >= 0.6 is 0 Å². The van der Waals surface area contributed by atoms with Crippen LogP contribution in [0.25, 0.3) is 0 Å². The van der Waals surface area contributed by atoms with Crippen molar-refractivity contribution in [1.29, 1.82) is 0 Å². The summed E-state index contributed by atoms with van der Waals surface area (Å²) in [4.78, 5) is 1.72. The van der Waals surface area contributed by atoms with Crippen molar-refractivity contribution in [2.75, 3.05) is 23.7 Å². The molecule has 0 radical (unpaired) electrons. The first-order valence-electron chi connectivity index (χ1n) is 5.27. The highest BCUT2D eigenvalue weighted by atomic mass is 19.4. The molecule has 0 saturated carbocycles. The lowest BCUT2D eigenvalue weighted by Crippen LogP contribution is -2.22. The number of nitrogens with two attached hydrogens (primary N) is 1. The van der Waals surface area contributed by atoms with Gasteiger partial charge in [-0.25, -0.2) is 0 Å². The molecule has 1 unspecified atom stereocenters. The number of rotatable bonds is 1. The van der Waals surface area contributed by atoms with Crippen molar-refractivity contribution in [1.82, 2.24) is 0 Å². The van der Waals surface area contributed by atoms with Gasteiger partial charge in [0.25, 0.3) is 0 Å². The largest absolute Gasteiger partial charge is 0.418 e. The SMILES string of the molecule is Nc1ccc(N2CCC(O)C2)cc1C(F)(F)F. The summed E-state index contributed by atoms with van der Waals surface area (Å²) in [6.45, 7) is 0.920. The molecule has 1 atom stereocenters. The van der Waals surface area contributed by atoms with Gasteiger partial charge in [-0.1, -0.05) is 0 Å². The first-order chi connectivity index (χ1) is 7.88. The average Bonchev–Trinajstić information content (AvgIpc) is 2.64. The summed E-state index contributed by atoms with van der Waals surface area (Å²) in [5.41, 5.74) is 4.66. The Balaban J connectivity index is 2.31. The summed E-state index contributed by atoms with van der Waals surface area (Å²) in [7, 11) is 0. The van der Waals surface area contributed by atoms with Gasteiger partial charge in [0.2, 0.25) is 0 Å². The van der Waals surface area contributed by atoms with E-state index >= 15 is 0 Å². The van der Waals surface area contributed by atoms with Gasteiger partial charge in [0.15, 0.2) is 0 Å². The molecule has 0 aliphatic carbocycles. The maximum Gasteiger partial charge on any atom is 0.418 e. The van der Waals surface area contributed by atoms with E-state index in [9.17, 15) is 18.3 Å². The van der Waals surface area contributed by atoms with Crippen molar-refractivity contribution in [2.45, 2.75) is 18.7 Å². The van der Waals surface area contributed by atoms with Gasteiger partial charge >= 0.3 is 6.18 Å². The number of benzene rings is 1. The molecular weight excluding hydrogens is 233 g/mol. The molecule has 1 fully saturated rings. The molecule has 1 aliphatic heterocycles. The normalized spacial score (nSPS) is 20.9. The van der Waals surface area contributed by atoms with Crippen molar-refractivity contribution in [2.24, 2.45) is 0 Å². The van der Waals surface area contributed by atoms with Gasteiger partial charge in [0, 0.05) is 24.5 Å². The molecule has 1 saturated heterocycles. The predicted octanol–water partition coefficient (Wildman–Crippen LogP) is 1.86. The third kappa shape index (κ3) is 2.46. The van der Waals surface area contributed by atoms with Crippen LogP contribution in [-0.2, 0) is 6.18 Å². The zero-order valence-corrected chi connectivity index (χ0v) is 9.04. The number of aliphatic hydroxyl groups excluding tert-OH is 1. The highest BCUT2D eigenvalue weighted by molar-refractivity contribution is 5.60. The number of nitrogens with zero attached hydrogens (tertiary/aromatic N) is 1. The zero-order chi connectivity index (χ0) is 12.6. The van der Waals surface area contributed by atoms with Crippen molar-refractivity contribution >= 4 is 11.4 Å². The number of aliphatic hydroxyl groups is 1. The van der Waals surface area contributed by atoms with Crippen LogP contribution in [0.2, 0.25) is 0 Å². The monoisotopic (exact) mass is 246 g/mol. The van der Waals surface area contributed by atoms with Gasteiger partial charge in [0.1, 0.15) is 0 Å². The highest BCUT2D eigenvalue weighted by Crippen LogP contribution is 2.36. The quantitative estimate of drug-likeness (QED) is 0.743. The first-order valence-corrected chi connectivity index (χ1v) is 5.27. The number of halogens is 3. The van der Waals surface area contributed by atoms with E-state index < -0.39 is 17.8 Å². The van der Waals surface area contributed by atoms with Gasteiger partial charge < -0.3 is 15.7 Å².